The Morgan fingerprint density at radius 3 is 2.48 bits per heavy atom. The zero-order valence-electron chi connectivity index (χ0n) is 13.6. The van der Waals surface area contributed by atoms with E-state index in [0.717, 1.165) is 27.6 Å². The average Bonchev–Trinajstić information content (AvgIpc) is 2.90. The fourth-order valence-electron chi connectivity index (χ4n) is 2.90. The van der Waals surface area contributed by atoms with Gasteiger partial charge < -0.3 is 0 Å². The number of thioether (sulfide) groups is 1. The largest absolute Gasteiger partial charge is 0.270 e. The molecule has 122 valence electrons. The number of nitrogens with zero attached hydrogens (tertiary/aromatic N) is 1. The Labute approximate surface area is 156 Å². The maximum Gasteiger partial charge on any atom is 0.270 e. The predicted octanol–water partition coefficient (Wildman–Crippen LogP) is 5.55. The average molecular weight is 361 g/mol. The van der Waals surface area contributed by atoms with Crippen molar-refractivity contribution in [3.63, 3.8) is 0 Å². The zero-order valence-corrected chi connectivity index (χ0v) is 15.2. The van der Waals surface area contributed by atoms with E-state index in [9.17, 15) is 4.79 Å². The monoisotopic (exact) mass is 361 g/mol. The summed E-state index contributed by atoms with van der Waals surface area (Å²) >= 11 is 6.80. The van der Waals surface area contributed by atoms with E-state index in [2.05, 4.69) is 18.2 Å². The van der Waals surface area contributed by atoms with Crippen molar-refractivity contribution in [3.05, 3.63) is 82.8 Å². The molecule has 0 N–H and O–H groups in total. The maximum absolute atomic E-state index is 12.9. The second-order valence-corrected chi connectivity index (χ2v) is 7.60. The number of anilines is 1. The summed E-state index contributed by atoms with van der Waals surface area (Å²) in [6.07, 6.45) is 1.94. The van der Waals surface area contributed by atoms with Gasteiger partial charge in [-0.2, -0.15) is 0 Å². The number of hydrogen-bond donors (Lipinski definition) is 0. The van der Waals surface area contributed by atoms with Crippen molar-refractivity contribution in [1.82, 2.24) is 0 Å². The Hall–Kier alpha value is -2.43. The van der Waals surface area contributed by atoms with E-state index in [-0.39, 0.29) is 5.91 Å². The zero-order chi connectivity index (χ0) is 17.4. The smallest absolute Gasteiger partial charge is 0.268 e. The number of benzene rings is 3. The van der Waals surface area contributed by atoms with Crippen LogP contribution in [0.2, 0.25) is 0 Å². The van der Waals surface area contributed by atoms with Crippen molar-refractivity contribution >= 4 is 56.7 Å². The molecule has 0 aliphatic carbocycles. The van der Waals surface area contributed by atoms with Gasteiger partial charge in [-0.25, -0.2) is 0 Å². The van der Waals surface area contributed by atoms with Gasteiger partial charge in [-0.05, 0) is 41.5 Å². The second kappa shape index (κ2) is 6.47. The molecule has 0 bridgehead atoms. The molecule has 0 unspecified atom stereocenters. The molecule has 4 heteroatoms. The third-order valence-electron chi connectivity index (χ3n) is 4.20. The van der Waals surface area contributed by atoms with E-state index < -0.39 is 0 Å². The minimum Gasteiger partial charge on any atom is -0.268 e. The second-order valence-electron chi connectivity index (χ2n) is 5.92. The minimum atomic E-state index is -0.0632. The van der Waals surface area contributed by atoms with Gasteiger partial charge in [0.25, 0.3) is 5.91 Å². The molecular formula is C21H15NOS2. The molecule has 1 aliphatic heterocycles. The standard InChI is InChI=1S/C21H15NOS2/c1-14-9-11-17(12-10-14)22-20(23)19(25-21(22)24)13-16-7-4-6-15-5-2-3-8-18(15)16/h2-13H,1H3/b19-13-. The lowest BCUT2D eigenvalue weighted by Crippen LogP contribution is -2.27. The van der Waals surface area contributed by atoms with Crippen molar-refractivity contribution in [2.45, 2.75) is 6.92 Å². The number of thiocarbonyl (C=S) groups is 1. The van der Waals surface area contributed by atoms with Crippen molar-refractivity contribution < 1.29 is 4.79 Å². The van der Waals surface area contributed by atoms with Crippen molar-refractivity contribution in [2.75, 3.05) is 4.90 Å². The van der Waals surface area contributed by atoms with E-state index >= 15 is 0 Å². The summed E-state index contributed by atoms with van der Waals surface area (Å²) in [4.78, 5) is 15.2. The summed E-state index contributed by atoms with van der Waals surface area (Å²) in [6.45, 7) is 2.02. The molecule has 1 amide bonds. The lowest BCUT2D eigenvalue weighted by Gasteiger charge is -2.14. The van der Waals surface area contributed by atoms with E-state index in [1.807, 2.05) is 61.5 Å². The molecule has 3 aromatic carbocycles. The normalized spacial score (nSPS) is 16.2. The first-order valence-corrected chi connectivity index (χ1v) is 9.18. The summed E-state index contributed by atoms with van der Waals surface area (Å²) < 4.78 is 0.570. The van der Waals surface area contributed by atoms with E-state index in [4.69, 9.17) is 12.2 Å². The fraction of sp³-hybridized carbons (Fsp3) is 0.0476. The van der Waals surface area contributed by atoms with Crippen LogP contribution >= 0.6 is 24.0 Å². The lowest BCUT2D eigenvalue weighted by atomic mass is 10.0. The van der Waals surface area contributed by atoms with Gasteiger partial charge in [-0.1, -0.05) is 84.1 Å². The van der Waals surface area contributed by atoms with Crippen LogP contribution in [-0.2, 0) is 4.79 Å². The summed E-state index contributed by atoms with van der Waals surface area (Å²) in [5.41, 5.74) is 3.00. The van der Waals surface area contributed by atoms with Crippen LogP contribution in [0.3, 0.4) is 0 Å². The van der Waals surface area contributed by atoms with Crippen LogP contribution in [0.4, 0.5) is 5.69 Å². The molecule has 3 aromatic rings. The van der Waals surface area contributed by atoms with Crippen molar-refractivity contribution in [2.24, 2.45) is 0 Å². The number of rotatable bonds is 2. The van der Waals surface area contributed by atoms with Gasteiger partial charge in [0.1, 0.15) is 0 Å². The number of carbonyl (C=O) groups excluding carboxylic acids is 1. The molecule has 0 aromatic heterocycles. The molecule has 0 saturated carbocycles. The Morgan fingerprint density at radius 1 is 0.960 bits per heavy atom. The van der Waals surface area contributed by atoms with Crippen LogP contribution in [0.5, 0.6) is 0 Å². The molecule has 1 aliphatic rings. The number of hydrogen-bond acceptors (Lipinski definition) is 3. The van der Waals surface area contributed by atoms with Gasteiger partial charge in [0, 0.05) is 0 Å². The Morgan fingerprint density at radius 2 is 1.68 bits per heavy atom. The Kier molecular flexibility index (Phi) is 4.15. The molecule has 0 spiro atoms. The molecule has 1 saturated heterocycles. The van der Waals surface area contributed by atoms with Crippen LogP contribution in [-0.4, -0.2) is 10.2 Å². The van der Waals surface area contributed by atoms with E-state index in [0.29, 0.717) is 9.23 Å². The number of amides is 1. The molecule has 25 heavy (non-hydrogen) atoms. The first-order valence-electron chi connectivity index (χ1n) is 7.96. The molecule has 1 heterocycles. The lowest BCUT2D eigenvalue weighted by molar-refractivity contribution is -0.113. The van der Waals surface area contributed by atoms with Gasteiger partial charge in [-0.15, -0.1) is 0 Å². The highest BCUT2D eigenvalue weighted by Gasteiger charge is 2.33. The van der Waals surface area contributed by atoms with E-state index in [1.165, 1.54) is 11.8 Å². The van der Waals surface area contributed by atoms with Crippen LogP contribution in [0.15, 0.2) is 71.6 Å². The Balaban J connectivity index is 1.74. The third-order valence-corrected chi connectivity index (χ3v) is 5.50. The van der Waals surface area contributed by atoms with Gasteiger partial charge >= 0.3 is 0 Å². The molecule has 4 rings (SSSR count). The summed E-state index contributed by atoms with van der Waals surface area (Å²) in [5, 5.41) is 2.29. The number of carbonyl (C=O) groups is 1. The van der Waals surface area contributed by atoms with Gasteiger partial charge in [0.15, 0.2) is 4.32 Å². The molecule has 0 atom stereocenters. The number of fused-ring (bicyclic) bond motifs is 1. The first kappa shape index (κ1) is 16.1. The predicted molar refractivity (Wildman–Crippen MR) is 111 cm³/mol. The molecule has 2 nitrogen and oxygen atoms in total. The van der Waals surface area contributed by atoms with Gasteiger partial charge in [-0.3, -0.25) is 9.69 Å². The highest BCUT2D eigenvalue weighted by atomic mass is 32.2. The quantitative estimate of drug-likeness (QED) is 0.441. The summed E-state index contributed by atoms with van der Waals surface area (Å²) in [6, 6.07) is 22.1. The first-order chi connectivity index (χ1) is 12.1. The van der Waals surface area contributed by atoms with Gasteiger partial charge in [0.2, 0.25) is 0 Å². The van der Waals surface area contributed by atoms with E-state index in [1.54, 1.807) is 4.90 Å². The molecule has 1 fully saturated rings. The van der Waals surface area contributed by atoms with Crippen LogP contribution in [0, 0.1) is 6.92 Å². The van der Waals surface area contributed by atoms with Gasteiger partial charge in [0.05, 0.1) is 10.6 Å². The van der Waals surface area contributed by atoms with Crippen molar-refractivity contribution in [3.8, 4) is 0 Å². The fourth-order valence-corrected chi connectivity index (χ4v) is 4.19. The Bertz CT molecular complexity index is 1020. The van der Waals surface area contributed by atoms with Crippen LogP contribution in [0.1, 0.15) is 11.1 Å². The SMILES string of the molecule is Cc1ccc(N2C(=O)/C(=C/c3cccc4ccccc34)SC2=S)cc1. The number of aryl methyl sites for hydroxylation is 1. The van der Waals surface area contributed by atoms with Crippen molar-refractivity contribution in [1.29, 1.82) is 0 Å². The van der Waals surface area contributed by atoms with Crippen LogP contribution in [0.25, 0.3) is 16.8 Å². The molecule has 0 radical (unpaired) electrons. The third kappa shape index (κ3) is 2.99. The maximum atomic E-state index is 12.9. The highest BCUT2D eigenvalue weighted by molar-refractivity contribution is 8.27. The highest BCUT2D eigenvalue weighted by Crippen LogP contribution is 2.36. The van der Waals surface area contributed by atoms with Crippen LogP contribution < -0.4 is 4.90 Å². The summed E-state index contributed by atoms with van der Waals surface area (Å²) in [5.74, 6) is -0.0632. The minimum absolute atomic E-state index is 0.0632. The summed E-state index contributed by atoms with van der Waals surface area (Å²) in [7, 11) is 0. The molecular weight excluding hydrogens is 346 g/mol. The topological polar surface area (TPSA) is 20.3 Å².